The minimum Gasteiger partial charge on any atom is -0.378 e. The SMILES string of the molecule is Clc1ccc(CCOC2CCNCC2)cc1. The molecule has 1 fully saturated rings. The Hall–Kier alpha value is -0.570. The van der Waals surface area contributed by atoms with Gasteiger partial charge in [0.15, 0.2) is 0 Å². The van der Waals surface area contributed by atoms with E-state index in [2.05, 4.69) is 17.4 Å². The summed E-state index contributed by atoms with van der Waals surface area (Å²) < 4.78 is 5.84. The standard InChI is InChI=1S/C13H18ClNO/c14-12-3-1-11(2-4-12)7-10-16-13-5-8-15-9-6-13/h1-4,13,15H,5-10H2. The van der Waals surface area contributed by atoms with Crippen molar-refractivity contribution in [3.05, 3.63) is 34.9 Å². The third kappa shape index (κ3) is 3.78. The van der Waals surface area contributed by atoms with Gasteiger partial charge in [0.1, 0.15) is 0 Å². The number of piperidine rings is 1. The maximum Gasteiger partial charge on any atom is 0.0599 e. The van der Waals surface area contributed by atoms with E-state index in [1.807, 2.05) is 12.1 Å². The number of hydrogen-bond donors (Lipinski definition) is 1. The smallest absolute Gasteiger partial charge is 0.0599 e. The van der Waals surface area contributed by atoms with Crippen LogP contribution in [0, 0.1) is 0 Å². The molecule has 1 saturated heterocycles. The fourth-order valence-electron chi connectivity index (χ4n) is 1.96. The van der Waals surface area contributed by atoms with Crippen LogP contribution in [0.25, 0.3) is 0 Å². The average molecular weight is 240 g/mol. The van der Waals surface area contributed by atoms with Gasteiger partial charge in [-0.1, -0.05) is 23.7 Å². The number of ether oxygens (including phenoxy) is 1. The molecular weight excluding hydrogens is 222 g/mol. The third-order valence-corrected chi connectivity index (χ3v) is 3.20. The molecule has 0 amide bonds. The summed E-state index contributed by atoms with van der Waals surface area (Å²) in [6, 6.07) is 7.99. The summed E-state index contributed by atoms with van der Waals surface area (Å²) in [7, 11) is 0. The Morgan fingerprint density at radius 2 is 1.88 bits per heavy atom. The molecule has 16 heavy (non-hydrogen) atoms. The lowest BCUT2D eigenvalue weighted by Crippen LogP contribution is -2.32. The van der Waals surface area contributed by atoms with Crippen LogP contribution in [0.2, 0.25) is 5.02 Å². The van der Waals surface area contributed by atoms with Gasteiger partial charge in [-0.2, -0.15) is 0 Å². The second-order valence-corrected chi connectivity index (χ2v) is 4.63. The zero-order chi connectivity index (χ0) is 11.2. The largest absolute Gasteiger partial charge is 0.378 e. The molecule has 1 heterocycles. The first-order valence-corrected chi connectivity index (χ1v) is 6.29. The Kier molecular flexibility index (Phi) is 4.64. The Balaban J connectivity index is 1.69. The minimum absolute atomic E-state index is 0.452. The highest BCUT2D eigenvalue weighted by molar-refractivity contribution is 6.30. The molecule has 0 aliphatic carbocycles. The Labute approximate surface area is 102 Å². The van der Waals surface area contributed by atoms with Crippen molar-refractivity contribution in [1.82, 2.24) is 5.32 Å². The molecule has 0 aromatic heterocycles. The Morgan fingerprint density at radius 3 is 2.56 bits per heavy atom. The summed E-state index contributed by atoms with van der Waals surface area (Å²) in [5.74, 6) is 0. The quantitative estimate of drug-likeness (QED) is 0.872. The predicted octanol–water partition coefficient (Wildman–Crippen LogP) is 2.65. The highest BCUT2D eigenvalue weighted by Crippen LogP contribution is 2.11. The summed E-state index contributed by atoms with van der Waals surface area (Å²) in [4.78, 5) is 0. The summed E-state index contributed by atoms with van der Waals surface area (Å²) >= 11 is 5.83. The molecule has 0 saturated carbocycles. The fraction of sp³-hybridized carbons (Fsp3) is 0.538. The van der Waals surface area contributed by atoms with E-state index in [0.717, 1.165) is 44.0 Å². The van der Waals surface area contributed by atoms with Gasteiger partial charge in [0, 0.05) is 5.02 Å². The van der Waals surface area contributed by atoms with E-state index in [0.29, 0.717) is 6.10 Å². The number of halogens is 1. The fourth-order valence-corrected chi connectivity index (χ4v) is 2.08. The van der Waals surface area contributed by atoms with Crippen molar-refractivity contribution in [2.75, 3.05) is 19.7 Å². The van der Waals surface area contributed by atoms with Crippen LogP contribution in [0.15, 0.2) is 24.3 Å². The average Bonchev–Trinajstić information content (AvgIpc) is 2.33. The molecule has 3 heteroatoms. The molecule has 0 spiro atoms. The molecular formula is C13H18ClNO. The normalized spacial score (nSPS) is 17.6. The van der Waals surface area contributed by atoms with Crippen molar-refractivity contribution in [2.24, 2.45) is 0 Å². The van der Waals surface area contributed by atoms with Crippen molar-refractivity contribution in [3.8, 4) is 0 Å². The van der Waals surface area contributed by atoms with Crippen molar-refractivity contribution in [1.29, 1.82) is 0 Å². The van der Waals surface area contributed by atoms with Crippen LogP contribution in [0.1, 0.15) is 18.4 Å². The number of nitrogens with one attached hydrogen (secondary N) is 1. The van der Waals surface area contributed by atoms with Crippen LogP contribution in [0.3, 0.4) is 0 Å². The van der Waals surface area contributed by atoms with E-state index in [1.165, 1.54) is 5.56 Å². The van der Waals surface area contributed by atoms with Crippen LogP contribution in [0.5, 0.6) is 0 Å². The van der Waals surface area contributed by atoms with Gasteiger partial charge >= 0.3 is 0 Å². The highest BCUT2D eigenvalue weighted by Gasteiger charge is 2.12. The summed E-state index contributed by atoms with van der Waals surface area (Å²) in [6.45, 7) is 2.99. The van der Waals surface area contributed by atoms with Gasteiger partial charge in [-0.3, -0.25) is 0 Å². The molecule has 2 nitrogen and oxygen atoms in total. The molecule has 1 aromatic carbocycles. The van der Waals surface area contributed by atoms with Crippen LogP contribution >= 0.6 is 11.6 Å². The Morgan fingerprint density at radius 1 is 1.19 bits per heavy atom. The molecule has 0 radical (unpaired) electrons. The van der Waals surface area contributed by atoms with E-state index in [9.17, 15) is 0 Å². The van der Waals surface area contributed by atoms with Crippen LogP contribution in [-0.4, -0.2) is 25.8 Å². The predicted molar refractivity (Wildman–Crippen MR) is 67.0 cm³/mol. The first-order chi connectivity index (χ1) is 7.84. The minimum atomic E-state index is 0.452. The number of benzene rings is 1. The van der Waals surface area contributed by atoms with Gasteiger partial charge in [0.2, 0.25) is 0 Å². The Bertz CT molecular complexity index is 306. The lowest BCUT2D eigenvalue weighted by molar-refractivity contribution is 0.0349. The van der Waals surface area contributed by atoms with Gasteiger partial charge in [0.25, 0.3) is 0 Å². The van der Waals surface area contributed by atoms with Crippen molar-refractivity contribution >= 4 is 11.6 Å². The zero-order valence-corrected chi connectivity index (χ0v) is 10.2. The molecule has 88 valence electrons. The van der Waals surface area contributed by atoms with Crippen molar-refractivity contribution in [2.45, 2.75) is 25.4 Å². The zero-order valence-electron chi connectivity index (χ0n) is 9.42. The first kappa shape index (κ1) is 11.9. The van der Waals surface area contributed by atoms with E-state index in [4.69, 9.17) is 16.3 Å². The second-order valence-electron chi connectivity index (χ2n) is 4.20. The maximum atomic E-state index is 5.84. The van der Waals surface area contributed by atoms with Crippen LogP contribution in [-0.2, 0) is 11.2 Å². The van der Waals surface area contributed by atoms with E-state index < -0.39 is 0 Å². The molecule has 1 N–H and O–H groups in total. The van der Waals surface area contributed by atoms with E-state index in [-0.39, 0.29) is 0 Å². The van der Waals surface area contributed by atoms with E-state index in [1.54, 1.807) is 0 Å². The van der Waals surface area contributed by atoms with Crippen molar-refractivity contribution in [3.63, 3.8) is 0 Å². The molecule has 0 bridgehead atoms. The van der Waals surface area contributed by atoms with Gasteiger partial charge in [-0.05, 0) is 50.0 Å². The van der Waals surface area contributed by atoms with Gasteiger partial charge < -0.3 is 10.1 Å². The second kappa shape index (κ2) is 6.24. The summed E-state index contributed by atoms with van der Waals surface area (Å²) in [5.41, 5.74) is 1.29. The molecule has 1 aliphatic rings. The van der Waals surface area contributed by atoms with E-state index >= 15 is 0 Å². The topological polar surface area (TPSA) is 21.3 Å². The molecule has 1 aromatic rings. The number of hydrogen-bond acceptors (Lipinski definition) is 2. The molecule has 2 rings (SSSR count). The summed E-state index contributed by atoms with van der Waals surface area (Å²) in [6.07, 6.45) is 3.70. The first-order valence-electron chi connectivity index (χ1n) is 5.91. The highest BCUT2D eigenvalue weighted by atomic mass is 35.5. The maximum absolute atomic E-state index is 5.84. The van der Waals surface area contributed by atoms with Gasteiger partial charge in [-0.15, -0.1) is 0 Å². The summed E-state index contributed by atoms with van der Waals surface area (Å²) in [5, 5.41) is 4.13. The third-order valence-electron chi connectivity index (χ3n) is 2.94. The van der Waals surface area contributed by atoms with Crippen molar-refractivity contribution < 1.29 is 4.74 Å². The van der Waals surface area contributed by atoms with Crippen LogP contribution in [0.4, 0.5) is 0 Å². The lowest BCUT2D eigenvalue weighted by atomic mass is 10.1. The van der Waals surface area contributed by atoms with Gasteiger partial charge in [0.05, 0.1) is 12.7 Å². The lowest BCUT2D eigenvalue weighted by Gasteiger charge is -2.22. The molecule has 0 unspecified atom stereocenters. The van der Waals surface area contributed by atoms with Crippen LogP contribution < -0.4 is 5.32 Å². The molecule has 1 aliphatic heterocycles. The monoisotopic (exact) mass is 239 g/mol. The van der Waals surface area contributed by atoms with Gasteiger partial charge in [-0.25, -0.2) is 0 Å². The molecule has 0 atom stereocenters. The number of rotatable bonds is 4.